The van der Waals surface area contributed by atoms with E-state index in [1.807, 2.05) is 32.0 Å². The number of nitrogens with zero attached hydrogens (tertiary/aromatic N) is 1. The quantitative estimate of drug-likeness (QED) is 0.730. The zero-order valence-corrected chi connectivity index (χ0v) is 12.0. The maximum atomic E-state index is 8.92. The predicted molar refractivity (Wildman–Crippen MR) is 77.9 cm³/mol. The fraction of sp³-hybridized carbons (Fsp3) is 0.562. The average Bonchev–Trinajstić information content (AvgIpc) is 2.39. The zero-order chi connectivity index (χ0) is 14.1. The van der Waals surface area contributed by atoms with Crippen LogP contribution in [0.4, 0.5) is 0 Å². The minimum Gasteiger partial charge on any atom is -0.494 e. The first kappa shape index (κ1) is 15.5. The maximum absolute atomic E-state index is 8.92. The second kappa shape index (κ2) is 7.81. The highest BCUT2D eigenvalue weighted by molar-refractivity contribution is 5.28. The van der Waals surface area contributed by atoms with E-state index in [2.05, 4.69) is 12.1 Å². The van der Waals surface area contributed by atoms with Gasteiger partial charge >= 0.3 is 0 Å². The Morgan fingerprint density at radius 2 is 2.11 bits per heavy atom. The Morgan fingerprint density at radius 3 is 2.79 bits per heavy atom. The van der Waals surface area contributed by atoms with Gasteiger partial charge in [-0.2, -0.15) is 5.26 Å². The van der Waals surface area contributed by atoms with Crippen LogP contribution in [0.15, 0.2) is 24.3 Å². The lowest BCUT2D eigenvalue weighted by Gasteiger charge is -2.14. The molecule has 0 aliphatic rings. The molecular formula is C16H24N2O. The lowest BCUT2D eigenvalue weighted by Crippen LogP contribution is -2.08. The van der Waals surface area contributed by atoms with Crippen molar-refractivity contribution >= 4 is 0 Å². The van der Waals surface area contributed by atoms with Gasteiger partial charge < -0.3 is 10.5 Å². The van der Waals surface area contributed by atoms with Crippen LogP contribution >= 0.6 is 0 Å². The van der Waals surface area contributed by atoms with Gasteiger partial charge in [-0.3, -0.25) is 0 Å². The van der Waals surface area contributed by atoms with E-state index in [1.165, 1.54) is 5.56 Å². The van der Waals surface area contributed by atoms with Crippen molar-refractivity contribution in [2.24, 2.45) is 11.1 Å². The first-order chi connectivity index (χ1) is 9.07. The van der Waals surface area contributed by atoms with Crippen LogP contribution in [0.1, 0.15) is 38.7 Å². The molecule has 0 saturated heterocycles. The summed E-state index contributed by atoms with van der Waals surface area (Å²) in [7, 11) is 0. The van der Waals surface area contributed by atoms with Crippen molar-refractivity contribution in [3.63, 3.8) is 0 Å². The summed E-state index contributed by atoms with van der Waals surface area (Å²) in [5.41, 5.74) is 6.53. The van der Waals surface area contributed by atoms with Gasteiger partial charge in [-0.05, 0) is 63.8 Å². The Hall–Kier alpha value is -1.53. The molecule has 2 N–H and O–H groups in total. The number of benzene rings is 1. The number of hydrogen-bond donors (Lipinski definition) is 1. The van der Waals surface area contributed by atoms with Gasteiger partial charge in [0.05, 0.1) is 18.1 Å². The maximum Gasteiger partial charge on any atom is 0.119 e. The lowest BCUT2D eigenvalue weighted by molar-refractivity contribution is 0.294. The Morgan fingerprint density at radius 1 is 1.32 bits per heavy atom. The summed E-state index contributed by atoms with van der Waals surface area (Å²) in [4.78, 5) is 0. The SMILES string of the molecule is CC(C)(C#N)CCCCOc1cccc(CCN)c1. The Bertz CT molecular complexity index is 421. The molecule has 0 aromatic heterocycles. The van der Waals surface area contributed by atoms with E-state index < -0.39 is 0 Å². The topological polar surface area (TPSA) is 59.0 Å². The molecule has 0 amide bonds. The first-order valence-electron chi connectivity index (χ1n) is 6.90. The standard InChI is InChI=1S/C16H24N2O/c1-16(2,13-18)9-3-4-11-19-15-7-5-6-14(12-15)8-10-17/h5-7,12H,3-4,8-11,17H2,1-2H3. The van der Waals surface area contributed by atoms with Crippen molar-refractivity contribution in [3.05, 3.63) is 29.8 Å². The molecule has 0 fully saturated rings. The molecule has 0 unspecified atom stereocenters. The molecule has 0 radical (unpaired) electrons. The number of unbranched alkanes of at least 4 members (excludes halogenated alkanes) is 1. The van der Waals surface area contributed by atoms with Gasteiger partial charge in [0.2, 0.25) is 0 Å². The summed E-state index contributed by atoms with van der Waals surface area (Å²) in [6, 6.07) is 10.4. The van der Waals surface area contributed by atoms with Gasteiger partial charge in [0.25, 0.3) is 0 Å². The van der Waals surface area contributed by atoms with Crippen molar-refractivity contribution in [2.45, 2.75) is 39.5 Å². The van der Waals surface area contributed by atoms with E-state index >= 15 is 0 Å². The van der Waals surface area contributed by atoms with Gasteiger partial charge in [-0.15, -0.1) is 0 Å². The highest BCUT2D eigenvalue weighted by Gasteiger charge is 2.15. The van der Waals surface area contributed by atoms with Crippen molar-refractivity contribution in [1.82, 2.24) is 0 Å². The summed E-state index contributed by atoms with van der Waals surface area (Å²) < 4.78 is 5.72. The third kappa shape index (κ3) is 6.26. The van der Waals surface area contributed by atoms with E-state index in [-0.39, 0.29) is 5.41 Å². The van der Waals surface area contributed by atoms with Crippen molar-refractivity contribution in [3.8, 4) is 11.8 Å². The van der Waals surface area contributed by atoms with E-state index in [0.717, 1.165) is 31.4 Å². The highest BCUT2D eigenvalue weighted by Crippen LogP contribution is 2.22. The van der Waals surface area contributed by atoms with Crippen molar-refractivity contribution < 1.29 is 4.74 Å². The number of ether oxygens (including phenoxy) is 1. The summed E-state index contributed by atoms with van der Waals surface area (Å²) in [5, 5.41) is 8.92. The van der Waals surface area contributed by atoms with Crippen LogP contribution in [0.25, 0.3) is 0 Å². The number of nitriles is 1. The molecule has 0 bridgehead atoms. The van der Waals surface area contributed by atoms with Crippen LogP contribution in [-0.4, -0.2) is 13.2 Å². The summed E-state index contributed by atoms with van der Waals surface area (Å²) in [6.45, 7) is 5.31. The normalized spacial score (nSPS) is 11.1. The van der Waals surface area contributed by atoms with E-state index in [4.69, 9.17) is 15.7 Å². The van der Waals surface area contributed by atoms with Crippen LogP contribution in [0.2, 0.25) is 0 Å². The smallest absolute Gasteiger partial charge is 0.119 e. The second-order valence-corrected chi connectivity index (χ2v) is 5.49. The molecule has 0 heterocycles. The second-order valence-electron chi connectivity index (χ2n) is 5.49. The summed E-state index contributed by atoms with van der Waals surface area (Å²) in [5.74, 6) is 0.908. The Balaban J connectivity index is 2.26. The van der Waals surface area contributed by atoms with E-state index in [0.29, 0.717) is 13.2 Å². The highest BCUT2D eigenvalue weighted by atomic mass is 16.5. The third-order valence-corrected chi connectivity index (χ3v) is 3.10. The first-order valence-corrected chi connectivity index (χ1v) is 6.90. The predicted octanol–water partition coefficient (Wildman–Crippen LogP) is 3.29. The monoisotopic (exact) mass is 260 g/mol. The molecule has 3 heteroatoms. The van der Waals surface area contributed by atoms with Gasteiger partial charge in [-0.1, -0.05) is 12.1 Å². The minimum atomic E-state index is -0.221. The third-order valence-electron chi connectivity index (χ3n) is 3.10. The lowest BCUT2D eigenvalue weighted by atomic mass is 9.89. The molecule has 1 aromatic carbocycles. The van der Waals surface area contributed by atoms with Gasteiger partial charge in [0.15, 0.2) is 0 Å². The molecule has 0 aliphatic carbocycles. The Labute approximate surface area is 116 Å². The summed E-state index contributed by atoms with van der Waals surface area (Å²) in [6.07, 6.45) is 3.79. The molecule has 0 atom stereocenters. The largest absolute Gasteiger partial charge is 0.494 e. The fourth-order valence-corrected chi connectivity index (χ4v) is 1.87. The van der Waals surface area contributed by atoms with Crippen LogP contribution < -0.4 is 10.5 Å². The van der Waals surface area contributed by atoms with Crippen LogP contribution in [-0.2, 0) is 6.42 Å². The van der Waals surface area contributed by atoms with Crippen LogP contribution in [0.5, 0.6) is 5.75 Å². The molecule has 1 aromatic rings. The van der Waals surface area contributed by atoms with Crippen LogP contribution in [0, 0.1) is 16.7 Å². The van der Waals surface area contributed by atoms with Gasteiger partial charge in [-0.25, -0.2) is 0 Å². The van der Waals surface area contributed by atoms with Crippen molar-refractivity contribution in [2.75, 3.05) is 13.2 Å². The fourth-order valence-electron chi connectivity index (χ4n) is 1.87. The molecule has 1 rings (SSSR count). The number of rotatable bonds is 8. The average molecular weight is 260 g/mol. The van der Waals surface area contributed by atoms with E-state index in [9.17, 15) is 0 Å². The van der Waals surface area contributed by atoms with Gasteiger partial charge in [0, 0.05) is 0 Å². The molecule has 0 saturated carbocycles. The molecule has 104 valence electrons. The van der Waals surface area contributed by atoms with Gasteiger partial charge in [0.1, 0.15) is 5.75 Å². The number of hydrogen-bond acceptors (Lipinski definition) is 3. The number of nitrogens with two attached hydrogens (primary N) is 1. The zero-order valence-electron chi connectivity index (χ0n) is 12.0. The molecule has 19 heavy (non-hydrogen) atoms. The minimum absolute atomic E-state index is 0.221. The Kier molecular flexibility index (Phi) is 6.38. The molecule has 0 aliphatic heterocycles. The van der Waals surface area contributed by atoms with Crippen molar-refractivity contribution in [1.29, 1.82) is 5.26 Å². The molecular weight excluding hydrogens is 236 g/mol. The van der Waals surface area contributed by atoms with E-state index in [1.54, 1.807) is 0 Å². The summed E-state index contributed by atoms with van der Waals surface area (Å²) >= 11 is 0. The molecule has 0 spiro atoms. The van der Waals surface area contributed by atoms with Crippen LogP contribution in [0.3, 0.4) is 0 Å². The molecule has 3 nitrogen and oxygen atoms in total.